The smallest absolute Gasteiger partial charge is 0.0641 e. The zero-order valence-corrected chi connectivity index (χ0v) is 17.3. The molecule has 0 spiro atoms. The topological polar surface area (TPSA) is 9.34 Å². The predicted molar refractivity (Wildman–Crippen MR) is 135 cm³/mol. The zero-order valence-electron chi connectivity index (χ0n) is 17.3. The van der Waals surface area contributed by atoms with Gasteiger partial charge in [0.2, 0.25) is 0 Å². The molecule has 2 nitrogen and oxygen atoms in total. The molecule has 0 amide bonds. The summed E-state index contributed by atoms with van der Waals surface area (Å²) in [5.41, 5.74) is 7.59. The highest BCUT2D eigenvalue weighted by atomic mass is 15.0. The Morgan fingerprint density at radius 1 is 0.375 bits per heavy atom. The predicted octanol–water partition coefficient (Wildman–Crippen LogP) is 7.93. The van der Waals surface area contributed by atoms with Crippen LogP contribution in [0.1, 0.15) is 0 Å². The number of fused-ring (bicyclic) bond motifs is 10. The Bertz CT molecular complexity index is 1970. The van der Waals surface area contributed by atoms with Crippen molar-refractivity contribution in [1.29, 1.82) is 0 Å². The van der Waals surface area contributed by atoms with Crippen LogP contribution < -0.4 is 0 Å². The van der Waals surface area contributed by atoms with Gasteiger partial charge < -0.3 is 8.97 Å². The number of nitrogens with zero attached hydrogens (tertiary/aromatic N) is 2. The fourth-order valence-corrected chi connectivity index (χ4v) is 5.82. The van der Waals surface area contributed by atoms with Gasteiger partial charge in [-0.2, -0.15) is 0 Å². The summed E-state index contributed by atoms with van der Waals surface area (Å²) < 4.78 is 4.90. The number of rotatable bonds is 1. The van der Waals surface area contributed by atoms with E-state index in [1.165, 1.54) is 65.6 Å². The van der Waals surface area contributed by atoms with Gasteiger partial charge in [-0.1, -0.05) is 78.9 Å². The Balaban J connectivity index is 1.73. The molecular weight excluding hydrogens is 388 g/mol. The average Bonchev–Trinajstić information content (AvgIpc) is 3.49. The second-order valence-electron chi connectivity index (χ2n) is 8.60. The molecule has 8 rings (SSSR count). The Morgan fingerprint density at radius 2 is 1.00 bits per heavy atom. The first kappa shape index (κ1) is 16.4. The maximum Gasteiger partial charge on any atom is 0.0641 e. The van der Waals surface area contributed by atoms with E-state index in [-0.39, 0.29) is 0 Å². The van der Waals surface area contributed by atoms with Crippen LogP contribution in [-0.4, -0.2) is 8.97 Å². The highest BCUT2D eigenvalue weighted by Gasteiger charge is 2.21. The third kappa shape index (κ3) is 1.82. The highest BCUT2D eigenvalue weighted by Crippen LogP contribution is 2.44. The van der Waals surface area contributed by atoms with Crippen molar-refractivity contribution in [3.63, 3.8) is 0 Å². The summed E-state index contributed by atoms with van der Waals surface area (Å²) >= 11 is 0. The van der Waals surface area contributed by atoms with Crippen LogP contribution in [0.25, 0.3) is 65.6 Å². The van der Waals surface area contributed by atoms with Gasteiger partial charge in [-0.3, -0.25) is 0 Å². The first-order valence-electron chi connectivity index (χ1n) is 11.1. The van der Waals surface area contributed by atoms with Crippen LogP contribution in [0, 0.1) is 0 Å². The van der Waals surface area contributed by atoms with Crippen LogP contribution in [0.15, 0.2) is 109 Å². The first-order valence-corrected chi connectivity index (χ1v) is 11.1. The van der Waals surface area contributed by atoms with Gasteiger partial charge in [-0.25, -0.2) is 0 Å². The quantitative estimate of drug-likeness (QED) is 0.262. The summed E-state index contributed by atoms with van der Waals surface area (Å²) in [6.45, 7) is 0. The van der Waals surface area contributed by atoms with Crippen molar-refractivity contribution in [3.05, 3.63) is 109 Å². The summed E-state index contributed by atoms with van der Waals surface area (Å²) in [4.78, 5) is 0. The average molecular weight is 406 g/mol. The van der Waals surface area contributed by atoms with Crippen LogP contribution in [0.2, 0.25) is 0 Å². The zero-order chi connectivity index (χ0) is 20.8. The lowest BCUT2D eigenvalue weighted by molar-refractivity contribution is 1.18. The first-order chi connectivity index (χ1) is 15.9. The molecule has 32 heavy (non-hydrogen) atoms. The minimum absolute atomic E-state index is 1.19. The Labute approximate surface area is 183 Å². The third-order valence-corrected chi connectivity index (χ3v) is 7.03. The Morgan fingerprint density at radius 3 is 1.84 bits per heavy atom. The molecule has 0 unspecified atom stereocenters. The molecule has 2 heteroatoms. The minimum atomic E-state index is 1.19. The maximum absolute atomic E-state index is 2.50. The number of para-hydroxylation sites is 4. The van der Waals surface area contributed by atoms with Crippen molar-refractivity contribution >= 4 is 59.9 Å². The molecule has 0 N–H and O–H groups in total. The van der Waals surface area contributed by atoms with Gasteiger partial charge in [-0.05, 0) is 30.3 Å². The van der Waals surface area contributed by atoms with Gasteiger partial charge >= 0.3 is 0 Å². The van der Waals surface area contributed by atoms with E-state index in [0.29, 0.717) is 0 Å². The van der Waals surface area contributed by atoms with Gasteiger partial charge in [0.05, 0.1) is 27.6 Å². The van der Waals surface area contributed by atoms with Crippen molar-refractivity contribution < 1.29 is 0 Å². The van der Waals surface area contributed by atoms with E-state index < -0.39 is 0 Å². The van der Waals surface area contributed by atoms with E-state index in [0.717, 1.165) is 0 Å². The SMILES string of the molecule is c1ccc(-n2c3ccccc3c3c2ccc2c4cccc5c6ccccc6n(c54)c23)cc1. The maximum atomic E-state index is 2.50. The van der Waals surface area contributed by atoms with E-state index in [1.54, 1.807) is 0 Å². The van der Waals surface area contributed by atoms with Gasteiger partial charge in [0.25, 0.3) is 0 Å². The number of benzene rings is 5. The number of hydrogen-bond donors (Lipinski definition) is 0. The minimum Gasteiger partial charge on any atom is -0.309 e. The summed E-state index contributed by atoms with van der Waals surface area (Å²) in [6, 6.07) is 39.6. The molecule has 0 aliphatic rings. The highest BCUT2D eigenvalue weighted by molar-refractivity contribution is 6.30. The molecule has 3 aromatic heterocycles. The van der Waals surface area contributed by atoms with Gasteiger partial charge in [0.1, 0.15) is 0 Å². The summed E-state index contributed by atoms with van der Waals surface area (Å²) in [6.07, 6.45) is 0. The molecule has 0 radical (unpaired) electrons. The van der Waals surface area contributed by atoms with Crippen LogP contribution in [0.4, 0.5) is 0 Å². The lowest BCUT2D eigenvalue weighted by atomic mass is 10.1. The van der Waals surface area contributed by atoms with E-state index in [1.807, 2.05) is 0 Å². The van der Waals surface area contributed by atoms with E-state index >= 15 is 0 Å². The molecule has 0 aliphatic carbocycles. The normalized spacial score (nSPS) is 12.4. The summed E-state index contributed by atoms with van der Waals surface area (Å²) in [7, 11) is 0. The van der Waals surface area contributed by atoms with Crippen LogP contribution >= 0.6 is 0 Å². The molecule has 3 heterocycles. The van der Waals surface area contributed by atoms with Crippen molar-refractivity contribution in [2.45, 2.75) is 0 Å². The molecule has 0 aliphatic heterocycles. The van der Waals surface area contributed by atoms with E-state index in [4.69, 9.17) is 0 Å². The van der Waals surface area contributed by atoms with Crippen molar-refractivity contribution in [2.24, 2.45) is 0 Å². The van der Waals surface area contributed by atoms with Gasteiger partial charge in [0, 0.05) is 38.0 Å². The molecule has 0 saturated heterocycles. The van der Waals surface area contributed by atoms with Crippen molar-refractivity contribution in [2.75, 3.05) is 0 Å². The second kappa shape index (κ2) is 5.68. The van der Waals surface area contributed by atoms with Gasteiger partial charge in [-0.15, -0.1) is 0 Å². The number of aromatic nitrogens is 2. The molecule has 0 atom stereocenters. The van der Waals surface area contributed by atoms with Crippen LogP contribution in [-0.2, 0) is 0 Å². The second-order valence-corrected chi connectivity index (χ2v) is 8.60. The molecule has 0 bridgehead atoms. The van der Waals surface area contributed by atoms with Gasteiger partial charge in [0.15, 0.2) is 0 Å². The van der Waals surface area contributed by atoms with E-state index in [2.05, 4.69) is 118 Å². The number of hydrogen-bond acceptors (Lipinski definition) is 0. The lowest BCUT2D eigenvalue weighted by Gasteiger charge is -2.07. The summed E-state index contributed by atoms with van der Waals surface area (Å²) in [5, 5.41) is 7.91. The molecule has 5 aromatic carbocycles. The largest absolute Gasteiger partial charge is 0.309 e. The van der Waals surface area contributed by atoms with Crippen LogP contribution in [0.3, 0.4) is 0 Å². The van der Waals surface area contributed by atoms with Crippen molar-refractivity contribution in [3.8, 4) is 5.69 Å². The summed E-state index contributed by atoms with van der Waals surface area (Å²) in [5.74, 6) is 0. The van der Waals surface area contributed by atoms with Crippen molar-refractivity contribution in [1.82, 2.24) is 8.97 Å². The Kier molecular flexibility index (Phi) is 2.91. The Hall–Kier alpha value is -4.30. The fourth-order valence-electron chi connectivity index (χ4n) is 5.82. The molecule has 0 saturated carbocycles. The fraction of sp³-hybridized carbons (Fsp3) is 0. The third-order valence-electron chi connectivity index (χ3n) is 7.03. The standard InChI is InChI=1S/C30H18N2/c1-2-9-19(10-3-1)31-26-16-7-5-12-24(26)28-27(31)18-17-23-22-14-8-13-21-20-11-4-6-15-25(20)32(29(21)22)30(23)28/h1-18H. The molecule has 0 fully saturated rings. The molecule has 8 aromatic rings. The lowest BCUT2D eigenvalue weighted by Crippen LogP contribution is -1.92. The molecular formula is C30H18N2. The van der Waals surface area contributed by atoms with Crippen LogP contribution in [0.5, 0.6) is 0 Å². The van der Waals surface area contributed by atoms with E-state index in [9.17, 15) is 0 Å². The molecule has 148 valence electrons. The monoisotopic (exact) mass is 406 g/mol.